The van der Waals surface area contributed by atoms with Gasteiger partial charge in [-0.15, -0.1) is 0 Å². The first kappa shape index (κ1) is 20.0. The molecule has 1 aromatic heterocycles. The Balaban J connectivity index is 1.42. The average molecular weight is 420 g/mol. The van der Waals surface area contributed by atoms with Crippen LogP contribution in [0.3, 0.4) is 0 Å². The first-order valence-electron chi connectivity index (χ1n) is 11.3. The molecule has 31 heavy (non-hydrogen) atoms. The Morgan fingerprint density at radius 2 is 1.97 bits per heavy atom. The molecule has 0 aliphatic carbocycles. The quantitative estimate of drug-likeness (QED) is 0.824. The molecule has 3 aliphatic rings. The van der Waals surface area contributed by atoms with Crippen LogP contribution in [0.25, 0.3) is 0 Å². The summed E-state index contributed by atoms with van der Waals surface area (Å²) in [5.41, 5.74) is 1.07. The smallest absolute Gasteiger partial charge is 0.243 e. The van der Waals surface area contributed by atoms with Crippen LogP contribution in [0, 0.1) is 11.8 Å². The van der Waals surface area contributed by atoms with Crippen LogP contribution in [0.2, 0.25) is 0 Å². The Labute approximate surface area is 182 Å². The predicted octanol–water partition coefficient (Wildman–Crippen LogP) is 2.56. The second-order valence-electron chi connectivity index (χ2n) is 9.07. The number of nitrogens with zero attached hydrogens (tertiary/aromatic N) is 4. The molecule has 162 valence electrons. The van der Waals surface area contributed by atoms with Crippen LogP contribution < -0.4 is 10.2 Å². The zero-order valence-corrected chi connectivity index (χ0v) is 17.9. The van der Waals surface area contributed by atoms with Crippen molar-refractivity contribution in [3.8, 4) is 0 Å². The lowest BCUT2D eigenvalue weighted by atomic mass is 9.71. The zero-order chi connectivity index (χ0) is 21.4. The van der Waals surface area contributed by atoms with E-state index in [1.165, 1.54) is 0 Å². The fourth-order valence-electron chi connectivity index (χ4n) is 5.76. The molecule has 0 radical (unpaired) electrons. The predicted molar refractivity (Wildman–Crippen MR) is 117 cm³/mol. The number of aromatic nitrogens is 2. The maximum Gasteiger partial charge on any atom is 0.243 e. The summed E-state index contributed by atoms with van der Waals surface area (Å²) in [4.78, 5) is 39.5. The van der Waals surface area contributed by atoms with E-state index in [2.05, 4.69) is 20.2 Å². The van der Waals surface area contributed by atoms with Crippen molar-refractivity contribution in [1.82, 2.24) is 20.2 Å². The van der Waals surface area contributed by atoms with E-state index in [-0.39, 0.29) is 29.8 Å². The van der Waals surface area contributed by atoms with Gasteiger partial charge >= 0.3 is 0 Å². The average Bonchev–Trinajstić information content (AvgIpc) is 2.81. The van der Waals surface area contributed by atoms with Gasteiger partial charge in [0.15, 0.2) is 0 Å². The van der Waals surface area contributed by atoms with E-state index in [0.29, 0.717) is 18.9 Å². The number of fused-ring (bicyclic) bond motifs is 4. The van der Waals surface area contributed by atoms with Gasteiger partial charge in [0.1, 0.15) is 11.9 Å². The Kier molecular flexibility index (Phi) is 5.34. The topological polar surface area (TPSA) is 78.4 Å². The van der Waals surface area contributed by atoms with Gasteiger partial charge in [-0.05, 0) is 37.7 Å². The van der Waals surface area contributed by atoms with E-state index in [9.17, 15) is 9.59 Å². The molecule has 3 aliphatic heterocycles. The van der Waals surface area contributed by atoms with Gasteiger partial charge in [-0.1, -0.05) is 30.3 Å². The lowest BCUT2D eigenvalue weighted by Crippen LogP contribution is -2.68. The lowest BCUT2D eigenvalue weighted by Gasteiger charge is -2.56. The van der Waals surface area contributed by atoms with Crippen LogP contribution in [0.1, 0.15) is 44.2 Å². The van der Waals surface area contributed by atoms with Gasteiger partial charge in [-0.2, -0.15) is 0 Å². The monoisotopic (exact) mass is 419 g/mol. The standard InChI is InChI=1S/C24H29N5O2/c1-16(17-6-3-2-4-7-17)27-24(31)23-19-12-18(20-8-5-9-22(30)29(20)23)14-28(15-19)21-13-25-10-11-26-21/h2-4,6-7,10-11,13,16,18-20,23H,5,8-9,12,14-15H2,1H3,(H,27,31)/t16-,18-,19+,20-,23+/m0/s1. The van der Waals surface area contributed by atoms with E-state index >= 15 is 0 Å². The highest BCUT2D eigenvalue weighted by Crippen LogP contribution is 2.42. The fourth-order valence-corrected chi connectivity index (χ4v) is 5.76. The molecule has 1 aromatic carbocycles. The van der Waals surface area contributed by atoms with Crippen LogP contribution in [-0.4, -0.2) is 51.9 Å². The normalized spacial score (nSPS) is 28.6. The molecule has 1 N–H and O–H groups in total. The van der Waals surface area contributed by atoms with Gasteiger partial charge < -0.3 is 15.1 Å². The van der Waals surface area contributed by atoms with Crippen molar-refractivity contribution in [2.45, 2.75) is 50.7 Å². The number of hydrogen-bond donors (Lipinski definition) is 1. The van der Waals surface area contributed by atoms with Crippen molar-refractivity contribution in [2.24, 2.45) is 11.8 Å². The number of rotatable bonds is 4. The van der Waals surface area contributed by atoms with Crippen LogP contribution >= 0.6 is 0 Å². The largest absolute Gasteiger partial charge is 0.355 e. The molecule has 7 heteroatoms. The number of piperidine rings is 3. The molecule has 7 nitrogen and oxygen atoms in total. The van der Waals surface area contributed by atoms with E-state index in [1.54, 1.807) is 18.6 Å². The van der Waals surface area contributed by atoms with Gasteiger partial charge in [0.25, 0.3) is 0 Å². The number of carbonyl (C=O) groups is 2. The van der Waals surface area contributed by atoms with Crippen molar-refractivity contribution < 1.29 is 9.59 Å². The maximum atomic E-state index is 13.6. The third kappa shape index (κ3) is 3.77. The minimum Gasteiger partial charge on any atom is -0.355 e. The second-order valence-corrected chi connectivity index (χ2v) is 9.07. The van der Waals surface area contributed by atoms with Crippen LogP contribution in [0.4, 0.5) is 5.82 Å². The third-order valence-electron chi connectivity index (χ3n) is 7.14. The molecule has 5 rings (SSSR count). The summed E-state index contributed by atoms with van der Waals surface area (Å²) < 4.78 is 0. The Hall–Kier alpha value is -2.96. The minimum atomic E-state index is -0.431. The molecule has 2 bridgehead atoms. The zero-order valence-electron chi connectivity index (χ0n) is 17.9. The molecule has 2 aromatic rings. The summed E-state index contributed by atoms with van der Waals surface area (Å²) in [6, 6.07) is 9.56. The lowest BCUT2D eigenvalue weighted by molar-refractivity contribution is -0.156. The van der Waals surface area contributed by atoms with Gasteiger partial charge in [0, 0.05) is 43.9 Å². The molecule has 0 spiro atoms. The highest BCUT2D eigenvalue weighted by molar-refractivity contribution is 5.89. The third-order valence-corrected chi connectivity index (χ3v) is 7.14. The molecule has 0 saturated carbocycles. The molecular weight excluding hydrogens is 390 g/mol. The Bertz CT molecular complexity index is 938. The highest BCUT2D eigenvalue weighted by Gasteiger charge is 2.52. The molecule has 3 saturated heterocycles. The number of anilines is 1. The number of amides is 2. The molecule has 2 amide bonds. The second kappa shape index (κ2) is 8.29. The van der Waals surface area contributed by atoms with Gasteiger partial charge in [-0.25, -0.2) is 4.98 Å². The summed E-state index contributed by atoms with van der Waals surface area (Å²) in [5, 5.41) is 3.20. The summed E-state index contributed by atoms with van der Waals surface area (Å²) in [7, 11) is 0. The molecule has 0 unspecified atom stereocenters. The summed E-state index contributed by atoms with van der Waals surface area (Å²) >= 11 is 0. The van der Waals surface area contributed by atoms with Crippen LogP contribution in [0.5, 0.6) is 0 Å². The number of nitrogens with one attached hydrogen (secondary N) is 1. The van der Waals surface area contributed by atoms with Gasteiger partial charge in [-0.3, -0.25) is 14.6 Å². The summed E-state index contributed by atoms with van der Waals surface area (Å²) in [6.45, 7) is 3.57. The molecule has 3 fully saturated rings. The summed E-state index contributed by atoms with van der Waals surface area (Å²) in [6.07, 6.45) is 8.57. The molecular formula is C24H29N5O2. The van der Waals surface area contributed by atoms with Crippen molar-refractivity contribution in [1.29, 1.82) is 0 Å². The van der Waals surface area contributed by atoms with Crippen molar-refractivity contribution in [3.63, 3.8) is 0 Å². The number of hydrogen-bond acceptors (Lipinski definition) is 5. The number of benzene rings is 1. The molecule has 5 atom stereocenters. The van der Waals surface area contributed by atoms with E-state index < -0.39 is 6.04 Å². The highest BCUT2D eigenvalue weighted by atomic mass is 16.2. The van der Waals surface area contributed by atoms with E-state index in [1.807, 2.05) is 42.2 Å². The minimum absolute atomic E-state index is 0.0407. The first-order chi connectivity index (χ1) is 15.1. The van der Waals surface area contributed by atoms with Gasteiger partial charge in [0.05, 0.1) is 12.2 Å². The van der Waals surface area contributed by atoms with Crippen molar-refractivity contribution in [3.05, 3.63) is 54.5 Å². The van der Waals surface area contributed by atoms with Crippen LogP contribution in [-0.2, 0) is 9.59 Å². The van der Waals surface area contributed by atoms with Crippen molar-refractivity contribution >= 4 is 17.6 Å². The van der Waals surface area contributed by atoms with E-state index in [4.69, 9.17) is 0 Å². The number of carbonyl (C=O) groups excluding carboxylic acids is 2. The first-order valence-corrected chi connectivity index (χ1v) is 11.3. The van der Waals surface area contributed by atoms with Crippen LogP contribution in [0.15, 0.2) is 48.9 Å². The fraction of sp³-hybridized carbons (Fsp3) is 0.500. The Morgan fingerprint density at radius 3 is 2.74 bits per heavy atom. The van der Waals surface area contributed by atoms with E-state index in [0.717, 1.165) is 37.2 Å². The molecule has 4 heterocycles. The van der Waals surface area contributed by atoms with Crippen molar-refractivity contribution in [2.75, 3.05) is 18.0 Å². The maximum absolute atomic E-state index is 13.6. The van der Waals surface area contributed by atoms with Gasteiger partial charge in [0.2, 0.25) is 11.8 Å². The SMILES string of the molecule is C[C@H](NC(=O)[C@H]1[C@@H]2C[C@@H](CN(c3cnccn3)C2)[C@@H]2CCCC(=O)N21)c1ccccc1. The summed E-state index contributed by atoms with van der Waals surface area (Å²) in [5.74, 6) is 1.39. The Morgan fingerprint density at radius 1 is 1.16 bits per heavy atom.